The van der Waals surface area contributed by atoms with Crippen molar-refractivity contribution in [3.63, 3.8) is 0 Å². The lowest BCUT2D eigenvalue weighted by atomic mass is 9.98. The predicted molar refractivity (Wildman–Crippen MR) is 132 cm³/mol. The zero-order chi connectivity index (χ0) is 23.6. The van der Waals surface area contributed by atoms with Crippen LogP contribution in [0.15, 0.2) is 60.7 Å². The second-order valence-corrected chi connectivity index (χ2v) is 9.48. The van der Waals surface area contributed by atoms with Gasteiger partial charge in [-0.15, -0.1) is 0 Å². The minimum atomic E-state index is -0.459. The molecule has 172 valence electrons. The number of halogens is 1. The van der Waals surface area contributed by atoms with E-state index in [1.807, 2.05) is 55.5 Å². The van der Waals surface area contributed by atoms with Crippen LogP contribution in [-0.4, -0.2) is 16.4 Å². The lowest BCUT2D eigenvalue weighted by Crippen LogP contribution is -2.39. The molecule has 0 unspecified atom stereocenters. The summed E-state index contributed by atoms with van der Waals surface area (Å²) in [5, 5.41) is 0.617. The SMILES string of the molecule is CCC(C)(C)N1Cc2c(Cl)c(C)c(C(=O)Oc3ccccc3)c(OCc3ccccc3)c2C1. The third-order valence-electron chi connectivity index (χ3n) is 6.64. The van der Waals surface area contributed by atoms with Gasteiger partial charge in [-0.1, -0.05) is 67.1 Å². The van der Waals surface area contributed by atoms with Crippen LogP contribution in [0.2, 0.25) is 5.02 Å². The summed E-state index contributed by atoms with van der Waals surface area (Å²) in [7, 11) is 0. The monoisotopic (exact) mass is 463 g/mol. The molecule has 0 atom stereocenters. The molecule has 0 spiro atoms. The number of benzene rings is 3. The van der Waals surface area contributed by atoms with Gasteiger partial charge >= 0.3 is 5.97 Å². The standard InChI is InChI=1S/C28H30ClNO3/c1-5-28(3,4)30-16-22-23(17-30)26(32-18-20-12-8-6-9-13-20)24(19(2)25(22)29)27(31)33-21-14-10-7-11-15-21/h6-15H,5,16-18H2,1-4H3. The van der Waals surface area contributed by atoms with Crippen LogP contribution in [-0.2, 0) is 19.7 Å². The Morgan fingerprint density at radius 1 is 1.00 bits per heavy atom. The largest absolute Gasteiger partial charge is 0.488 e. The molecule has 0 saturated heterocycles. The number of nitrogens with zero attached hydrogens (tertiary/aromatic N) is 1. The summed E-state index contributed by atoms with van der Waals surface area (Å²) in [5.41, 5.74) is 4.13. The van der Waals surface area contributed by atoms with Crippen molar-refractivity contribution >= 4 is 17.6 Å². The van der Waals surface area contributed by atoms with E-state index in [1.54, 1.807) is 12.1 Å². The fraction of sp³-hybridized carbons (Fsp3) is 0.321. The van der Waals surface area contributed by atoms with Gasteiger partial charge in [-0.05, 0) is 56.0 Å². The number of fused-ring (bicyclic) bond motifs is 1. The Bertz CT molecular complexity index is 1140. The van der Waals surface area contributed by atoms with Crippen molar-refractivity contribution in [2.75, 3.05) is 0 Å². The van der Waals surface area contributed by atoms with Crippen LogP contribution in [0.1, 0.15) is 59.8 Å². The quantitative estimate of drug-likeness (QED) is 0.280. The second kappa shape index (κ2) is 9.58. The van der Waals surface area contributed by atoms with Crippen LogP contribution >= 0.6 is 11.6 Å². The fourth-order valence-corrected chi connectivity index (χ4v) is 4.40. The van der Waals surface area contributed by atoms with Gasteiger partial charge < -0.3 is 9.47 Å². The molecule has 5 heteroatoms. The lowest BCUT2D eigenvalue weighted by molar-refractivity contribution is 0.0728. The van der Waals surface area contributed by atoms with Crippen molar-refractivity contribution in [2.45, 2.75) is 59.4 Å². The molecule has 4 rings (SSSR count). The Morgan fingerprint density at radius 2 is 1.61 bits per heavy atom. The molecule has 0 aliphatic carbocycles. The number of para-hydroxylation sites is 1. The highest BCUT2D eigenvalue weighted by Gasteiger charge is 2.37. The van der Waals surface area contributed by atoms with E-state index < -0.39 is 5.97 Å². The molecule has 3 aromatic carbocycles. The Kier molecular flexibility index (Phi) is 6.78. The van der Waals surface area contributed by atoms with E-state index in [4.69, 9.17) is 21.1 Å². The smallest absolute Gasteiger partial charge is 0.347 e. The maximum atomic E-state index is 13.4. The Balaban J connectivity index is 1.77. The molecule has 1 aliphatic heterocycles. The summed E-state index contributed by atoms with van der Waals surface area (Å²) in [4.78, 5) is 15.8. The molecule has 1 aliphatic rings. The first-order valence-electron chi connectivity index (χ1n) is 11.3. The average molecular weight is 464 g/mol. The van der Waals surface area contributed by atoms with Gasteiger partial charge in [0.25, 0.3) is 0 Å². The first kappa shape index (κ1) is 23.3. The number of esters is 1. The van der Waals surface area contributed by atoms with Crippen LogP contribution in [0, 0.1) is 6.92 Å². The van der Waals surface area contributed by atoms with Crippen molar-refractivity contribution < 1.29 is 14.3 Å². The van der Waals surface area contributed by atoms with E-state index in [2.05, 4.69) is 25.7 Å². The van der Waals surface area contributed by atoms with E-state index in [0.717, 1.165) is 29.7 Å². The molecule has 0 aromatic heterocycles. The maximum Gasteiger partial charge on any atom is 0.347 e. The lowest BCUT2D eigenvalue weighted by Gasteiger charge is -2.34. The highest BCUT2D eigenvalue weighted by atomic mass is 35.5. The summed E-state index contributed by atoms with van der Waals surface area (Å²) in [6.07, 6.45) is 1.00. The molecule has 3 aromatic rings. The van der Waals surface area contributed by atoms with Crippen molar-refractivity contribution in [3.05, 3.63) is 93.5 Å². The third kappa shape index (κ3) is 4.78. The van der Waals surface area contributed by atoms with Crippen LogP contribution < -0.4 is 9.47 Å². The Morgan fingerprint density at radius 3 is 2.24 bits per heavy atom. The Hall–Kier alpha value is -2.82. The number of hydrogen-bond donors (Lipinski definition) is 0. The number of hydrogen-bond acceptors (Lipinski definition) is 4. The van der Waals surface area contributed by atoms with Crippen LogP contribution in [0.3, 0.4) is 0 Å². The number of rotatable bonds is 7. The fourth-order valence-electron chi connectivity index (χ4n) is 4.13. The van der Waals surface area contributed by atoms with Crippen LogP contribution in [0.4, 0.5) is 0 Å². The van der Waals surface area contributed by atoms with E-state index in [9.17, 15) is 4.79 Å². The van der Waals surface area contributed by atoms with Gasteiger partial charge in [0.2, 0.25) is 0 Å². The van der Waals surface area contributed by atoms with Crippen molar-refractivity contribution in [1.29, 1.82) is 0 Å². The molecule has 0 radical (unpaired) electrons. The minimum Gasteiger partial charge on any atom is -0.488 e. The molecule has 0 fully saturated rings. The summed E-state index contributed by atoms with van der Waals surface area (Å²) in [6, 6.07) is 19.0. The summed E-state index contributed by atoms with van der Waals surface area (Å²) in [6.45, 7) is 10.3. The predicted octanol–water partition coefficient (Wildman–Crippen LogP) is 6.95. The van der Waals surface area contributed by atoms with Crippen molar-refractivity contribution in [3.8, 4) is 11.5 Å². The van der Waals surface area contributed by atoms with Gasteiger partial charge in [-0.25, -0.2) is 4.79 Å². The highest BCUT2D eigenvalue weighted by molar-refractivity contribution is 6.33. The molecule has 33 heavy (non-hydrogen) atoms. The molecule has 0 saturated carbocycles. The van der Waals surface area contributed by atoms with E-state index in [1.165, 1.54) is 0 Å². The third-order valence-corrected chi connectivity index (χ3v) is 7.15. The average Bonchev–Trinajstić information content (AvgIpc) is 3.28. The molecular weight excluding hydrogens is 434 g/mol. The van der Waals surface area contributed by atoms with E-state index in [-0.39, 0.29) is 5.54 Å². The zero-order valence-corrected chi connectivity index (χ0v) is 20.4. The number of carbonyl (C=O) groups is 1. The summed E-state index contributed by atoms with van der Waals surface area (Å²) >= 11 is 6.85. The van der Waals surface area contributed by atoms with Gasteiger partial charge in [0, 0.05) is 29.2 Å². The van der Waals surface area contributed by atoms with Gasteiger partial charge in [0.1, 0.15) is 23.7 Å². The second-order valence-electron chi connectivity index (χ2n) is 9.10. The van der Waals surface area contributed by atoms with Gasteiger partial charge in [0.15, 0.2) is 0 Å². The molecule has 0 bridgehead atoms. The van der Waals surface area contributed by atoms with E-state index >= 15 is 0 Å². The number of carbonyl (C=O) groups excluding carboxylic acids is 1. The van der Waals surface area contributed by atoms with Crippen molar-refractivity contribution in [1.82, 2.24) is 4.90 Å². The zero-order valence-electron chi connectivity index (χ0n) is 19.7. The van der Waals surface area contributed by atoms with Gasteiger partial charge in [0.05, 0.1) is 0 Å². The topological polar surface area (TPSA) is 38.8 Å². The van der Waals surface area contributed by atoms with Crippen molar-refractivity contribution in [2.24, 2.45) is 0 Å². The summed E-state index contributed by atoms with van der Waals surface area (Å²) in [5.74, 6) is 0.604. The maximum absolute atomic E-state index is 13.4. The minimum absolute atomic E-state index is 0.00232. The highest BCUT2D eigenvalue weighted by Crippen LogP contribution is 2.44. The van der Waals surface area contributed by atoms with Gasteiger partial charge in [-0.3, -0.25) is 4.90 Å². The van der Waals surface area contributed by atoms with Crippen LogP contribution in [0.5, 0.6) is 11.5 Å². The molecule has 4 nitrogen and oxygen atoms in total. The molecule has 1 heterocycles. The molecule has 0 amide bonds. The van der Waals surface area contributed by atoms with Crippen LogP contribution in [0.25, 0.3) is 0 Å². The Labute approximate surface area is 201 Å². The molecular formula is C28H30ClNO3. The first-order valence-corrected chi connectivity index (χ1v) is 11.7. The normalized spacial score (nSPS) is 13.6. The molecule has 0 N–H and O–H groups in total. The first-order chi connectivity index (χ1) is 15.8. The number of ether oxygens (including phenoxy) is 2. The van der Waals surface area contributed by atoms with E-state index in [0.29, 0.717) is 40.8 Å². The summed E-state index contributed by atoms with van der Waals surface area (Å²) < 4.78 is 12.1. The van der Waals surface area contributed by atoms with Gasteiger partial charge in [-0.2, -0.15) is 0 Å².